The van der Waals surface area contributed by atoms with E-state index in [4.69, 9.17) is 10.6 Å². The third-order valence-corrected chi connectivity index (χ3v) is 2.81. The van der Waals surface area contributed by atoms with Gasteiger partial charge in [0.15, 0.2) is 11.6 Å². The minimum atomic E-state index is -0.877. The van der Waals surface area contributed by atoms with Crippen LogP contribution in [-0.4, -0.2) is 12.7 Å². The van der Waals surface area contributed by atoms with Crippen LogP contribution in [0.25, 0.3) is 0 Å². The molecule has 0 saturated heterocycles. The Kier molecular flexibility index (Phi) is 4.56. The maximum absolute atomic E-state index is 13.6. The molecule has 3 nitrogen and oxygen atoms in total. The van der Waals surface area contributed by atoms with Gasteiger partial charge in [0.25, 0.3) is 0 Å². The van der Waals surface area contributed by atoms with Crippen LogP contribution in [0.15, 0.2) is 18.2 Å². The van der Waals surface area contributed by atoms with Crippen molar-refractivity contribution in [3.05, 3.63) is 35.4 Å². The van der Waals surface area contributed by atoms with Crippen LogP contribution >= 0.6 is 0 Å². The zero-order valence-electron chi connectivity index (χ0n) is 10.3. The Morgan fingerprint density at radius 3 is 2.59 bits per heavy atom. The Hall–Kier alpha value is -1.04. The van der Waals surface area contributed by atoms with Gasteiger partial charge in [0.1, 0.15) is 0 Å². The van der Waals surface area contributed by atoms with E-state index in [-0.39, 0.29) is 5.56 Å². The molecule has 3 N–H and O–H groups in total. The van der Waals surface area contributed by atoms with E-state index in [9.17, 15) is 8.78 Å². The summed E-state index contributed by atoms with van der Waals surface area (Å²) >= 11 is 0. The monoisotopic (exact) mass is 244 g/mol. The lowest BCUT2D eigenvalue weighted by Crippen LogP contribution is -2.36. The molecule has 0 saturated carbocycles. The highest BCUT2D eigenvalue weighted by molar-refractivity contribution is 5.22. The van der Waals surface area contributed by atoms with Crippen molar-refractivity contribution >= 4 is 0 Å². The number of benzene rings is 1. The molecule has 0 aliphatic carbocycles. The molecule has 0 bridgehead atoms. The summed E-state index contributed by atoms with van der Waals surface area (Å²) < 4.78 is 32.0. The van der Waals surface area contributed by atoms with Crippen LogP contribution < -0.4 is 11.3 Å². The minimum absolute atomic E-state index is 0.206. The molecule has 0 spiro atoms. The van der Waals surface area contributed by atoms with E-state index >= 15 is 0 Å². The molecule has 1 atom stereocenters. The SMILES string of the molecule is COC(C)(C)CC(NN)c1cccc(F)c1F. The van der Waals surface area contributed by atoms with E-state index in [0.29, 0.717) is 6.42 Å². The number of nitrogens with two attached hydrogens (primary N) is 1. The summed E-state index contributed by atoms with van der Waals surface area (Å²) in [6.07, 6.45) is 0.431. The molecular formula is C12H18F2N2O. The first kappa shape index (κ1) is 14.0. The van der Waals surface area contributed by atoms with Gasteiger partial charge < -0.3 is 4.74 Å². The van der Waals surface area contributed by atoms with Gasteiger partial charge in [-0.1, -0.05) is 12.1 Å². The fraction of sp³-hybridized carbons (Fsp3) is 0.500. The van der Waals surface area contributed by atoms with Crippen molar-refractivity contribution in [1.82, 2.24) is 5.43 Å². The van der Waals surface area contributed by atoms with Crippen molar-refractivity contribution in [3.8, 4) is 0 Å². The van der Waals surface area contributed by atoms with Gasteiger partial charge in [-0.3, -0.25) is 11.3 Å². The molecule has 0 heterocycles. The summed E-state index contributed by atoms with van der Waals surface area (Å²) in [5, 5.41) is 0. The number of hydrazine groups is 1. The third kappa shape index (κ3) is 3.46. The van der Waals surface area contributed by atoms with E-state index in [1.807, 2.05) is 13.8 Å². The Labute approximate surface area is 99.9 Å². The zero-order valence-corrected chi connectivity index (χ0v) is 10.3. The summed E-state index contributed by atoms with van der Waals surface area (Å²) in [7, 11) is 1.56. The average Bonchev–Trinajstić information content (AvgIpc) is 2.30. The molecule has 0 aliphatic rings. The molecule has 1 unspecified atom stereocenters. The van der Waals surface area contributed by atoms with Gasteiger partial charge in [-0.2, -0.15) is 0 Å². The summed E-state index contributed by atoms with van der Waals surface area (Å²) in [6, 6.07) is 3.54. The van der Waals surface area contributed by atoms with Gasteiger partial charge in [0, 0.05) is 12.7 Å². The number of methoxy groups -OCH3 is 1. The van der Waals surface area contributed by atoms with Crippen LogP contribution in [0.4, 0.5) is 8.78 Å². The predicted octanol–water partition coefficient (Wildman–Crippen LogP) is 2.28. The van der Waals surface area contributed by atoms with E-state index in [1.165, 1.54) is 12.1 Å². The number of nitrogens with one attached hydrogen (secondary N) is 1. The molecule has 0 radical (unpaired) electrons. The summed E-state index contributed by atoms with van der Waals surface area (Å²) in [5.41, 5.74) is 2.22. The zero-order chi connectivity index (χ0) is 13.1. The highest BCUT2D eigenvalue weighted by Gasteiger charge is 2.25. The lowest BCUT2D eigenvalue weighted by molar-refractivity contribution is 0.00650. The van der Waals surface area contributed by atoms with Crippen LogP contribution in [0.2, 0.25) is 0 Å². The normalized spacial score (nSPS) is 13.8. The predicted molar refractivity (Wildman–Crippen MR) is 62.1 cm³/mol. The molecule has 0 aromatic heterocycles. The average molecular weight is 244 g/mol. The Balaban J connectivity index is 2.98. The van der Waals surface area contributed by atoms with E-state index in [1.54, 1.807) is 7.11 Å². The van der Waals surface area contributed by atoms with E-state index in [0.717, 1.165) is 6.07 Å². The van der Waals surface area contributed by atoms with Crippen LogP contribution in [0.3, 0.4) is 0 Å². The van der Waals surface area contributed by atoms with Crippen LogP contribution in [-0.2, 0) is 4.74 Å². The second kappa shape index (κ2) is 5.53. The maximum atomic E-state index is 13.6. The highest BCUT2D eigenvalue weighted by Crippen LogP contribution is 2.27. The Morgan fingerprint density at radius 1 is 1.41 bits per heavy atom. The Bertz CT molecular complexity index is 383. The maximum Gasteiger partial charge on any atom is 0.163 e. The van der Waals surface area contributed by atoms with Crippen LogP contribution in [0.5, 0.6) is 0 Å². The fourth-order valence-corrected chi connectivity index (χ4v) is 1.62. The van der Waals surface area contributed by atoms with E-state index < -0.39 is 23.3 Å². The summed E-state index contributed by atoms with van der Waals surface area (Å²) in [4.78, 5) is 0. The van der Waals surface area contributed by atoms with Gasteiger partial charge in [-0.25, -0.2) is 8.78 Å². The van der Waals surface area contributed by atoms with Gasteiger partial charge in [0.2, 0.25) is 0 Å². The number of ether oxygens (including phenoxy) is 1. The van der Waals surface area contributed by atoms with Crippen molar-refractivity contribution in [1.29, 1.82) is 0 Å². The fourth-order valence-electron chi connectivity index (χ4n) is 1.62. The van der Waals surface area contributed by atoms with Crippen molar-refractivity contribution in [3.63, 3.8) is 0 Å². The van der Waals surface area contributed by atoms with Gasteiger partial charge >= 0.3 is 0 Å². The second-order valence-electron chi connectivity index (χ2n) is 4.53. The molecule has 0 aliphatic heterocycles. The largest absolute Gasteiger partial charge is 0.379 e. The molecule has 1 aromatic carbocycles. The Morgan fingerprint density at radius 2 is 2.06 bits per heavy atom. The first-order valence-corrected chi connectivity index (χ1v) is 5.36. The number of rotatable bonds is 5. The molecule has 0 amide bonds. The standard InChI is InChI=1S/C12H18F2N2O/c1-12(2,17-3)7-10(16-15)8-5-4-6-9(13)11(8)14/h4-6,10,16H,7,15H2,1-3H3. The number of hydrogen-bond donors (Lipinski definition) is 2. The van der Waals surface area contributed by atoms with E-state index in [2.05, 4.69) is 5.43 Å². The minimum Gasteiger partial charge on any atom is -0.379 e. The van der Waals surface area contributed by atoms with Crippen molar-refractivity contribution < 1.29 is 13.5 Å². The molecule has 5 heteroatoms. The second-order valence-corrected chi connectivity index (χ2v) is 4.53. The molecule has 96 valence electrons. The summed E-state index contributed by atoms with van der Waals surface area (Å²) in [5.74, 6) is 3.64. The first-order chi connectivity index (χ1) is 7.91. The molecule has 0 fully saturated rings. The third-order valence-electron chi connectivity index (χ3n) is 2.81. The lowest BCUT2D eigenvalue weighted by atomic mass is 9.93. The molecule has 17 heavy (non-hydrogen) atoms. The van der Waals surface area contributed by atoms with Crippen molar-refractivity contribution in [2.45, 2.75) is 31.9 Å². The van der Waals surface area contributed by atoms with Crippen molar-refractivity contribution in [2.24, 2.45) is 5.84 Å². The smallest absolute Gasteiger partial charge is 0.163 e. The van der Waals surface area contributed by atoms with Crippen molar-refractivity contribution in [2.75, 3.05) is 7.11 Å². The van der Waals surface area contributed by atoms with Crippen LogP contribution in [0.1, 0.15) is 31.9 Å². The van der Waals surface area contributed by atoms with Gasteiger partial charge in [-0.15, -0.1) is 0 Å². The topological polar surface area (TPSA) is 47.3 Å². The summed E-state index contributed by atoms with van der Waals surface area (Å²) in [6.45, 7) is 3.71. The number of hydrogen-bond acceptors (Lipinski definition) is 3. The number of halogens is 2. The van der Waals surface area contributed by atoms with Gasteiger partial charge in [-0.05, 0) is 26.3 Å². The van der Waals surface area contributed by atoms with Crippen LogP contribution in [0, 0.1) is 11.6 Å². The lowest BCUT2D eigenvalue weighted by Gasteiger charge is -2.28. The molecular weight excluding hydrogens is 226 g/mol. The van der Waals surface area contributed by atoms with Gasteiger partial charge in [0.05, 0.1) is 11.6 Å². The molecule has 1 rings (SSSR count). The quantitative estimate of drug-likeness (QED) is 0.617. The highest BCUT2D eigenvalue weighted by atomic mass is 19.2. The molecule has 1 aromatic rings. The first-order valence-electron chi connectivity index (χ1n) is 5.36.